The van der Waals surface area contributed by atoms with Crippen molar-refractivity contribution in [3.05, 3.63) is 60.3 Å². The molecule has 88 valence electrons. The van der Waals surface area contributed by atoms with E-state index in [1.165, 1.54) is 0 Å². The Hall–Kier alpha value is -2.25. The van der Waals surface area contributed by atoms with Crippen LogP contribution in [0.4, 0.5) is 0 Å². The fraction of sp³-hybridized carbons (Fsp3) is 0.188. The van der Waals surface area contributed by atoms with E-state index in [9.17, 15) is 0 Å². The van der Waals surface area contributed by atoms with Gasteiger partial charge in [0.15, 0.2) is 0 Å². The van der Waals surface area contributed by atoms with Crippen LogP contribution in [0.5, 0.6) is 0 Å². The van der Waals surface area contributed by atoms with Crippen LogP contribution in [0.25, 0.3) is 0 Å². The third kappa shape index (κ3) is 11.7. The van der Waals surface area contributed by atoms with Gasteiger partial charge in [-0.2, -0.15) is 5.26 Å². The molecule has 0 aliphatic rings. The van der Waals surface area contributed by atoms with E-state index in [1.807, 2.05) is 44.2 Å². The minimum Gasteiger partial charge on any atom is -0.192 e. The van der Waals surface area contributed by atoms with Crippen LogP contribution in [0.2, 0.25) is 0 Å². The van der Waals surface area contributed by atoms with Gasteiger partial charge in [0.25, 0.3) is 0 Å². The zero-order valence-corrected chi connectivity index (χ0v) is 10.6. The highest BCUT2D eigenvalue weighted by Gasteiger charge is 1.84. The second kappa shape index (κ2) is 13.8. The van der Waals surface area contributed by atoms with Crippen LogP contribution >= 0.6 is 0 Å². The van der Waals surface area contributed by atoms with Gasteiger partial charge in [0.05, 0.1) is 6.07 Å². The molecule has 0 heterocycles. The van der Waals surface area contributed by atoms with Crippen molar-refractivity contribution in [3.8, 4) is 18.9 Å². The Morgan fingerprint density at radius 1 is 1.41 bits per heavy atom. The van der Waals surface area contributed by atoms with Crippen molar-refractivity contribution in [3.63, 3.8) is 0 Å². The van der Waals surface area contributed by atoms with Gasteiger partial charge < -0.3 is 0 Å². The van der Waals surface area contributed by atoms with Crippen LogP contribution in [0.3, 0.4) is 0 Å². The molecule has 0 amide bonds. The molecule has 0 saturated heterocycles. The molecule has 0 aromatic carbocycles. The lowest BCUT2D eigenvalue weighted by molar-refractivity contribution is 1.35. The summed E-state index contributed by atoms with van der Waals surface area (Å²) in [6.07, 6.45) is 22.1. The van der Waals surface area contributed by atoms with Crippen molar-refractivity contribution in [1.82, 2.24) is 0 Å². The van der Waals surface area contributed by atoms with Crippen molar-refractivity contribution >= 4 is 0 Å². The second-order valence-electron chi connectivity index (χ2n) is 3.05. The highest BCUT2D eigenvalue weighted by molar-refractivity contribution is 5.33. The fourth-order valence-electron chi connectivity index (χ4n) is 0.892. The molecule has 0 atom stereocenters. The lowest BCUT2D eigenvalue weighted by Crippen LogP contribution is -1.70. The van der Waals surface area contributed by atoms with E-state index >= 15 is 0 Å². The molecule has 0 saturated carbocycles. The molecule has 0 aliphatic carbocycles. The Morgan fingerprint density at radius 2 is 2.06 bits per heavy atom. The lowest BCUT2D eigenvalue weighted by Gasteiger charge is -1.87. The predicted octanol–water partition coefficient (Wildman–Crippen LogP) is 4.34. The molecule has 0 spiro atoms. The molecule has 0 aromatic rings. The quantitative estimate of drug-likeness (QED) is 0.388. The number of hydrogen-bond acceptors (Lipinski definition) is 1. The Kier molecular flexibility index (Phi) is 13.9. The molecule has 0 rings (SSSR count). The van der Waals surface area contributed by atoms with Gasteiger partial charge in [-0.25, -0.2) is 0 Å². The van der Waals surface area contributed by atoms with Crippen LogP contribution in [0.1, 0.15) is 20.3 Å². The summed E-state index contributed by atoms with van der Waals surface area (Å²) in [6, 6.07) is 2.12. The second-order valence-corrected chi connectivity index (χ2v) is 3.05. The minimum atomic E-state index is 0.701. The van der Waals surface area contributed by atoms with Crippen LogP contribution in [-0.2, 0) is 0 Å². The first-order chi connectivity index (χ1) is 8.24. The van der Waals surface area contributed by atoms with Crippen LogP contribution in [0, 0.1) is 24.2 Å². The van der Waals surface area contributed by atoms with Gasteiger partial charge in [-0.15, -0.1) is 12.8 Å². The van der Waals surface area contributed by atoms with E-state index in [2.05, 4.69) is 25.5 Å². The number of nitriles is 1. The van der Waals surface area contributed by atoms with Crippen LogP contribution in [-0.4, -0.2) is 0 Å². The van der Waals surface area contributed by atoms with Crippen molar-refractivity contribution < 1.29 is 0 Å². The largest absolute Gasteiger partial charge is 0.192 e. The number of hydrogen-bond donors (Lipinski definition) is 0. The van der Waals surface area contributed by atoms with E-state index in [0.29, 0.717) is 5.57 Å². The first-order valence-electron chi connectivity index (χ1n) is 5.26. The molecule has 1 nitrogen and oxygen atoms in total. The van der Waals surface area contributed by atoms with Gasteiger partial charge in [-0.05, 0) is 26.3 Å². The molecular weight excluding hydrogens is 206 g/mol. The normalized spacial score (nSPS) is 11.9. The maximum absolute atomic E-state index is 8.72. The lowest BCUT2D eigenvalue weighted by atomic mass is 10.2. The summed E-state index contributed by atoms with van der Waals surface area (Å²) in [5, 5.41) is 8.72. The van der Waals surface area contributed by atoms with E-state index in [0.717, 1.165) is 12.0 Å². The predicted molar refractivity (Wildman–Crippen MR) is 76.1 cm³/mol. The highest BCUT2D eigenvalue weighted by atomic mass is 14.2. The zero-order chi connectivity index (χ0) is 13.5. The number of rotatable bonds is 5. The number of allylic oxidation sites excluding steroid dienone is 9. The topological polar surface area (TPSA) is 23.8 Å². The molecule has 0 N–H and O–H groups in total. The monoisotopic (exact) mass is 225 g/mol. The fourth-order valence-corrected chi connectivity index (χ4v) is 0.892. The maximum Gasteiger partial charge on any atom is 0.0988 e. The van der Waals surface area contributed by atoms with E-state index in [4.69, 9.17) is 5.26 Å². The van der Waals surface area contributed by atoms with E-state index in [-0.39, 0.29) is 0 Å². The molecule has 0 unspecified atom stereocenters. The third-order valence-corrected chi connectivity index (χ3v) is 1.77. The van der Waals surface area contributed by atoms with Gasteiger partial charge in [0.1, 0.15) is 0 Å². The average molecular weight is 225 g/mol. The maximum atomic E-state index is 8.72. The SMILES string of the molecule is C#C.C=C/C(C)=C\C=C\C/C=C(C#N)\C=C/C. The summed E-state index contributed by atoms with van der Waals surface area (Å²) in [4.78, 5) is 0. The average Bonchev–Trinajstić information content (AvgIpc) is 2.39. The van der Waals surface area contributed by atoms with Crippen molar-refractivity contribution in [1.29, 1.82) is 5.26 Å². The molecule has 17 heavy (non-hydrogen) atoms. The molecule has 0 aliphatic heterocycles. The zero-order valence-electron chi connectivity index (χ0n) is 10.6. The van der Waals surface area contributed by atoms with Gasteiger partial charge >= 0.3 is 0 Å². The minimum absolute atomic E-state index is 0.701. The van der Waals surface area contributed by atoms with Crippen LogP contribution < -0.4 is 0 Å². The summed E-state index contributed by atoms with van der Waals surface area (Å²) in [6.45, 7) is 7.55. The van der Waals surface area contributed by atoms with Gasteiger partial charge in [0, 0.05) is 5.57 Å². The Morgan fingerprint density at radius 3 is 2.53 bits per heavy atom. The number of nitrogens with zero attached hydrogens (tertiary/aromatic N) is 1. The van der Waals surface area contributed by atoms with Gasteiger partial charge in [-0.3, -0.25) is 0 Å². The summed E-state index contributed by atoms with van der Waals surface area (Å²) < 4.78 is 0. The van der Waals surface area contributed by atoms with Gasteiger partial charge in [0.2, 0.25) is 0 Å². The summed E-state index contributed by atoms with van der Waals surface area (Å²) in [5.74, 6) is 0. The number of terminal acetylenes is 1. The first-order valence-corrected chi connectivity index (χ1v) is 5.26. The molecule has 1 heteroatoms. The Labute approximate surface area is 105 Å². The van der Waals surface area contributed by atoms with E-state index < -0.39 is 0 Å². The van der Waals surface area contributed by atoms with Crippen molar-refractivity contribution in [2.45, 2.75) is 20.3 Å². The third-order valence-electron chi connectivity index (χ3n) is 1.77. The smallest absolute Gasteiger partial charge is 0.0988 e. The Bertz CT molecular complexity index is 381. The van der Waals surface area contributed by atoms with Crippen molar-refractivity contribution in [2.24, 2.45) is 0 Å². The Balaban J connectivity index is 0. The first kappa shape index (κ1) is 17.2. The summed E-state index contributed by atoms with van der Waals surface area (Å²) in [7, 11) is 0. The van der Waals surface area contributed by atoms with E-state index in [1.54, 1.807) is 12.2 Å². The summed E-state index contributed by atoms with van der Waals surface area (Å²) in [5.41, 5.74) is 1.83. The van der Waals surface area contributed by atoms with Crippen LogP contribution in [0.15, 0.2) is 60.3 Å². The highest BCUT2D eigenvalue weighted by Crippen LogP contribution is 1.99. The molecule has 0 fully saturated rings. The molecular formula is C16H19N. The molecule has 0 bridgehead atoms. The summed E-state index contributed by atoms with van der Waals surface area (Å²) >= 11 is 0. The standard InChI is InChI=1S/C14H17N.C2H2/c1-4-9-14(12-15)11-8-6-7-10-13(3)5-2;1-2/h4-7,9-11H,2,8H2,1,3H3;1-2H/b7-6+,9-4-,13-10-,14-11+;. The molecule has 0 radical (unpaired) electrons. The molecule has 0 aromatic heterocycles. The van der Waals surface area contributed by atoms with Gasteiger partial charge in [-0.1, -0.05) is 48.6 Å². The van der Waals surface area contributed by atoms with Crippen molar-refractivity contribution in [2.75, 3.05) is 0 Å².